The largest absolute Gasteiger partial charge is 0.418 e. The van der Waals surface area contributed by atoms with Crippen molar-refractivity contribution in [3.05, 3.63) is 17.5 Å². The Balaban J connectivity index is 2.05. The number of carbonyl (C=O) groups is 2. The summed E-state index contributed by atoms with van der Waals surface area (Å²) in [5.41, 5.74) is 3.90. The van der Waals surface area contributed by atoms with E-state index in [2.05, 4.69) is 79.5 Å². The van der Waals surface area contributed by atoms with Crippen molar-refractivity contribution >= 4 is 44.7 Å². The third kappa shape index (κ3) is 6.28. The summed E-state index contributed by atoms with van der Waals surface area (Å²) in [7, 11) is -7.94. The van der Waals surface area contributed by atoms with Crippen LogP contribution in [0, 0.1) is 0 Å². The first-order valence-corrected chi connectivity index (χ1v) is 20.3. The minimum absolute atomic E-state index is 0.0364. The number of nitrogens with one attached hydrogen (secondary N) is 2. The van der Waals surface area contributed by atoms with Crippen molar-refractivity contribution in [2.45, 2.75) is 96.4 Å². The van der Waals surface area contributed by atoms with Crippen molar-refractivity contribution < 1.29 is 31.4 Å². The molecule has 0 aliphatic carbocycles. The zero-order valence-corrected chi connectivity index (χ0v) is 28.0. The van der Waals surface area contributed by atoms with Crippen LogP contribution >= 0.6 is 0 Å². The average Bonchev–Trinajstić information content (AvgIpc) is 3.28. The van der Waals surface area contributed by atoms with E-state index in [1.807, 2.05) is 13.1 Å². The smallest absolute Gasteiger partial charge is 0.380 e. The van der Waals surface area contributed by atoms with E-state index in [4.69, 9.17) is 4.53 Å². The number of aliphatic imine (C=N–C) groups is 1. The number of hydrogen-bond donors (Lipinski definition) is 3. The summed E-state index contributed by atoms with van der Waals surface area (Å²) >= 11 is 0. The molecule has 1 aromatic heterocycles. The fourth-order valence-corrected chi connectivity index (χ4v) is 6.20. The van der Waals surface area contributed by atoms with Gasteiger partial charge in [-0.1, -0.05) is 54.6 Å². The van der Waals surface area contributed by atoms with E-state index in [0.717, 1.165) is 0 Å². The molecule has 0 spiro atoms. The Kier molecular flexibility index (Phi) is 8.46. The SMILES string of the molecule is CN=C(NO[Si](C)(C)C(C)(C)C)C1c2c(cnn2CC(=O)N[Si](C)(C)C(C)(C)C)C2CN1C(=O)N2OS(=O)(=O)O. The van der Waals surface area contributed by atoms with Gasteiger partial charge in [0.15, 0.2) is 8.24 Å². The molecule has 2 bridgehead atoms. The third-order valence-corrected chi connectivity index (χ3v) is 17.7. The Bertz CT molecular complexity index is 1300. The Morgan fingerprint density at radius 3 is 2.27 bits per heavy atom. The van der Waals surface area contributed by atoms with Gasteiger partial charge in [-0.2, -0.15) is 18.6 Å². The monoisotopic (exact) mass is 617 g/mol. The number of rotatable bonds is 8. The second-order valence-electron chi connectivity index (χ2n) is 13.3. The number of fused-ring (bicyclic) bond motifs is 4. The first-order valence-electron chi connectivity index (χ1n) is 13.0. The lowest BCUT2D eigenvalue weighted by atomic mass is 9.97. The fraction of sp³-hybridized carbons (Fsp3) is 0.739. The molecule has 40 heavy (non-hydrogen) atoms. The highest BCUT2D eigenvalue weighted by Crippen LogP contribution is 2.45. The van der Waals surface area contributed by atoms with Crippen molar-refractivity contribution in [3.8, 4) is 0 Å². The Hall–Kier alpha value is -2.32. The van der Waals surface area contributed by atoms with E-state index in [9.17, 15) is 22.6 Å². The van der Waals surface area contributed by atoms with Gasteiger partial charge < -0.3 is 14.4 Å². The molecule has 0 aromatic carbocycles. The fourth-order valence-electron chi connectivity index (χ4n) is 4.01. The Morgan fingerprint density at radius 2 is 1.77 bits per heavy atom. The van der Waals surface area contributed by atoms with Gasteiger partial charge in [-0.3, -0.25) is 24.5 Å². The molecule has 1 fully saturated rings. The molecular formula is C23H43N7O7SSi2. The van der Waals surface area contributed by atoms with Gasteiger partial charge in [0.1, 0.15) is 24.5 Å². The third-order valence-electron chi connectivity index (χ3n) is 8.44. The number of hydrogen-bond acceptors (Lipinski definition) is 8. The molecule has 2 aliphatic rings. The van der Waals surface area contributed by atoms with Crippen molar-refractivity contribution in [1.82, 2.24) is 30.2 Å². The molecule has 3 rings (SSSR count). The second kappa shape index (κ2) is 10.5. The van der Waals surface area contributed by atoms with Crippen LogP contribution in [0.3, 0.4) is 0 Å². The molecule has 14 nitrogen and oxygen atoms in total. The molecule has 2 aliphatic heterocycles. The highest BCUT2D eigenvalue weighted by atomic mass is 32.3. The van der Waals surface area contributed by atoms with Crippen LogP contribution in [-0.2, 0) is 30.5 Å². The Labute approximate surface area is 238 Å². The number of amides is 3. The van der Waals surface area contributed by atoms with Crippen molar-refractivity contribution in [1.29, 1.82) is 0 Å². The first-order chi connectivity index (χ1) is 18.0. The van der Waals surface area contributed by atoms with Crippen molar-refractivity contribution in [3.63, 3.8) is 0 Å². The first kappa shape index (κ1) is 32.2. The van der Waals surface area contributed by atoms with Gasteiger partial charge in [0.05, 0.1) is 18.4 Å². The number of urea groups is 1. The van der Waals surface area contributed by atoms with Crippen LogP contribution in [0.5, 0.6) is 0 Å². The molecule has 0 saturated carbocycles. The second-order valence-corrected chi connectivity index (χ2v) is 24.0. The molecule has 3 heterocycles. The summed E-state index contributed by atoms with van der Waals surface area (Å²) in [5.74, 6) is 0.0418. The predicted molar refractivity (Wildman–Crippen MR) is 154 cm³/mol. The standard InChI is InChI=1S/C23H43N7O7SSi2/c1-22(2,3)39(8,9)27-17(31)14-29-18-15(12-25-29)16-13-28(21(32)30(16)37-38(33,34)35)19(18)20(24-7)26-36-40(10,11)23(4,5)6/h12,16,19H,13-14H2,1-11H3,(H,24,26)(H,27,31)(H,33,34,35). The van der Waals surface area contributed by atoms with E-state index < -0.39 is 45.1 Å². The van der Waals surface area contributed by atoms with Crippen LogP contribution in [0.1, 0.15) is 64.9 Å². The highest BCUT2D eigenvalue weighted by molar-refractivity contribution is 7.80. The maximum atomic E-state index is 13.4. The average molecular weight is 618 g/mol. The zero-order chi connectivity index (χ0) is 30.6. The summed E-state index contributed by atoms with van der Waals surface area (Å²) in [5, 5.41) is 4.83. The number of aromatic nitrogens is 2. The van der Waals surface area contributed by atoms with Gasteiger partial charge in [0, 0.05) is 12.6 Å². The molecule has 2 unspecified atom stereocenters. The predicted octanol–water partition coefficient (Wildman–Crippen LogP) is 3.13. The molecule has 0 radical (unpaired) electrons. The van der Waals surface area contributed by atoms with E-state index in [1.165, 1.54) is 15.8 Å². The van der Waals surface area contributed by atoms with Gasteiger partial charge in [0.25, 0.3) is 0 Å². The minimum Gasteiger partial charge on any atom is -0.380 e. The minimum atomic E-state index is -4.99. The van der Waals surface area contributed by atoms with Gasteiger partial charge in [-0.05, 0) is 23.2 Å². The highest BCUT2D eigenvalue weighted by Gasteiger charge is 2.54. The summed E-state index contributed by atoms with van der Waals surface area (Å²) < 4.78 is 44.9. The lowest BCUT2D eigenvalue weighted by Gasteiger charge is -2.38. The van der Waals surface area contributed by atoms with E-state index in [-0.39, 0.29) is 34.9 Å². The summed E-state index contributed by atoms with van der Waals surface area (Å²) in [4.78, 5) is 35.6. The van der Waals surface area contributed by atoms with Gasteiger partial charge in [-0.15, -0.1) is 4.28 Å². The van der Waals surface area contributed by atoms with E-state index >= 15 is 0 Å². The molecule has 226 valence electrons. The lowest BCUT2D eigenvalue weighted by Crippen LogP contribution is -2.55. The summed E-state index contributed by atoms with van der Waals surface area (Å²) in [6.07, 6.45) is 1.48. The van der Waals surface area contributed by atoms with Crippen LogP contribution in [0.15, 0.2) is 11.2 Å². The number of carbonyl (C=O) groups excluding carboxylic acids is 2. The molecule has 2 atom stereocenters. The van der Waals surface area contributed by atoms with E-state index in [0.29, 0.717) is 16.3 Å². The zero-order valence-electron chi connectivity index (χ0n) is 25.2. The van der Waals surface area contributed by atoms with Crippen molar-refractivity contribution in [2.24, 2.45) is 4.99 Å². The molecule has 17 heteroatoms. The summed E-state index contributed by atoms with van der Waals surface area (Å²) in [6.45, 7) is 20.7. The summed E-state index contributed by atoms with van der Waals surface area (Å²) in [6, 6.07) is -2.58. The Morgan fingerprint density at radius 1 is 1.18 bits per heavy atom. The number of nitrogens with zero attached hydrogens (tertiary/aromatic N) is 5. The van der Waals surface area contributed by atoms with Crippen LogP contribution in [0.4, 0.5) is 4.79 Å². The normalized spacial score (nSPS) is 20.6. The molecule has 1 saturated heterocycles. The molecule has 1 aromatic rings. The lowest BCUT2D eigenvalue weighted by molar-refractivity contribution is -0.120. The van der Waals surface area contributed by atoms with Gasteiger partial charge in [0.2, 0.25) is 14.2 Å². The quantitative estimate of drug-likeness (QED) is 0.130. The van der Waals surface area contributed by atoms with Gasteiger partial charge in [-0.25, -0.2) is 4.79 Å². The molecule has 3 N–H and O–H groups in total. The van der Waals surface area contributed by atoms with Crippen LogP contribution < -0.4 is 10.5 Å². The molecular weight excluding hydrogens is 575 g/mol. The van der Waals surface area contributed by atoms with E-state index in [1.54, 1.807) is 7.05 Å². The molecule has 3 amide bonds. The van der Waals surface area contributed by atoms with Crippen LogP contribution in [0.2, 0.25) is 36.3 Å². The van der Waals surface area contributed by atoms with Gasteiger partial charge >= 0.3 is 16.4 Å². The number of amidine groups is 1. The number of hydroxylamine groups is 3. The topological polar surface area (TPSA) is 168 Å². The van der Waals surface area contributed by atoms with Crippen molar-refractivity contribution in [2.75, 3.05) is 13.6 Å². The maximum absolute atomic E-state index is 13.4. The van der Waals surface area contributed by atoms with Crippen LogP contribution in [-0.4, -0.2) is 80.6 Å². The maximum Gasteiger partial charge on any atom is 0.418 e. The van der Waals surface area contributed by atoms with Crippen LogP contribution in [0.25, 0.3) is 0 Å².